The number of esters is 1. The highest BCUT2D eigenvalue weighted by molar-refractivity contribution is 6.30. The number of halogens is 3. The van der Waals surface area contributed by atoms with Gasteiger partial charge in [-0.25, -0.2) is 13.6 Å². The van der Waals surface area contributed by atoms with Gasteiger partial charge in [0.25, 0.3) is 5.91 Å². The first-order valence-electron chi connectivity index (χ1n) is 6.59. The van der Waals surface area contributed by atoms with Gasteiger partial charge in [-0.05, 0) is 30.3 Å². The molecule has 0 aliphatic carbocycles. The summed E-state index contributed by atoms with van der Waals surface area (Å²) in [5, 5.41) is 2.85. The van der Waals surface area contributed by atoms with Gasteiger partial charge in [0.2, 0.25) is 0 Å². The molecule has 1 amide bonds. The summed E-state index contributed by atoms with van der Waals surface area (Å²) < 4.78 is 31.0. The molecule has 0 saturated heterocycles. The minimum absolute atomic E-state index is 0.128. The summed E-state index contributed by atoms with van der Waals surface area (Å²) in [6.07, 6.45) is 0. The van der Waals surface area contributed by atoms with Crippen LogP contribution in [0, 0.1) is 11.6 Å². The van der Waals surface area contributed by atoms with Gasteiger partial charge in [-0.2, -0.15) is 0 Å². The van der Waals surface area contributed by atoms with E-state index in [1.54, 1.807) is 0 Å². The van der Waals surface area contributed by atoms with Gasteiger partial charge in [-0.1, -0.05) is 17.7 Å². The molecule has 23 heavy (non-hydrogen) atoms. The fourth-order valence-corrected chi connectivity index (χ4v) is 1.84. The summed E-state index contributed by atoms with van der Waals surface area (Å²) in [6, 6.07) is 9.02. The van der Waals surface area contributed by atoms with Crippen molar-refractivity contribution < 1.29 is 23.1 Å². The van der Waals surface area contributed by atoms with Gasteiger partial charge in [0, 0.05) is 23.2 Å². The molecule has 2 rings (SSSR count). The van der Waals surface area contributed by atoms with E-state index in [0.717, 1.165) is 12.1 Å². The minimum atomic E-state index is -0.761. The second kappa shape index (κ2) is 7.69. The number of carbonyl (C=O) groups excluding carboxylic acids is 2. The van der Waals surface area contributed by atoms with Crippen LogP contribution in [0.4, 0.5) is 8.78 Å². The predicted molar refractivity (Wildman–Crippen MR) is 79.9 cm³/mol. The Bertz CT molecular complexity index is 720. The van der Waals surface area contributed by atoms with Crippen LogP contribution >= 0.6 is 11.6 Å². The predicted octanol–water partition coefficient (Wildman–Crippen LogP) is 3.09. The summed E-state index contributed by atoms with van der Waals surface area (Å²) in [7, 11) is 0. The van der Waals surface area contributed by atoms with Gasteiger partial charge in [-0.3, -0.25) is 4.79 Å². The number of carbonyl (C=O) groups is 2. The van der Waals surface area contributed by atoms with Crippen LogP contribution in [0.3, 0.4) is 0 Å². The molecule has 4 nitrogen and oxygen atoms in total. The smallest absolute Gasteiger partial charge is 0.338 e. The van der Waals surface area contributed by atoms with E-state index in [2.05, 4.69) is 5.32 Å². The maximum Gasteiger partial charge on any atom is 0.338 e. The highest BCUT2D eigenvalue weighted by Crippen LogP contribution is 2.11. The van der Waals surface area contributed by atoms with Crippen LogP contribution in [0.15, 0.2) is 42.5 Å². The van der Waals surface area contributed by atoms with Crippen LogP contribution in [0.5, 0.6) is 0 Å². The van der Waals surface area contributed by atoms with Crippen LogP contribution in [-0.4, -0.2) is 18.5 Å². The van der Waals surface area contributed by atoms with Crippen molar-refractivity contribution in [2.24, 2.45) is 0 Å². The Morgan fingerprint density at radius 3 is 2.43 bits per heavy atom. The molecule has 1 N–H and O–H groups in total. The van der Waals surface area contributed by atoms with Crippen molar-refractivity contribution in [1.82, 2.24) is 5.32 Å². The molecule has 0 bridgehead atoms. The van der Waals surface area contributed by atoms with E-state index in [1.807, 2.05) is 0 Å². The van der Waals surface area contributed by atoms with Crippen molar-refractivity contribution in [3.63, 3.8) is 0 Å². The van der Waals surface area contributed by atoms with Crippen LogP contribution in [0.2, 0.25) is 5.02 Å². The van der Waals surface area contributed by atoms with E-state index < -0.39 is 30.1 Å². The van der Waals surface area contributed by atoms with Crippen LogP contribution < -0.4 is 5.32 Å². The molecule has 0 radical (unpaired) electrons. The standard InChI is InChI=1S/C16H12ClF2NO3/c17-12-4-1-10(2-5-12)16(22)23-9-15(21)20-8-11-3-6-13(18)7-14(11)19/h1-7H,8-9H2,(H,20,21). The summed E-state index contributed by atoms with van der Waals surface area (Å²) in [5.74, 6) is -2.74. The lowest BCUT2D eigenvalue weighted by atomic mass is 10.2. The molecular weight excluding hydrogens is 328 g/mol. The monoisotopic (exact) mass is 339 g/mol. The Morgan fingerprint density at radius 1 is 1.09 bits per heavy atom. The first-order chi connectivity index (χ1) is 11.0. The fourth-order valence-electron chi connectivity index (χ4n) is 1.71. The molecule has 0 aromatic heterocycles. The molecule has 0 aliphatic heterocycles. The number of ether oxygens (including phenoxy) is 1. The zero-order valence-corrected chi connectivity index (χ0v) is 12.6. The molecule has 0 atom stereocenters. The quantitative estimate of drug-likeness (QED) is 0.852. The molecule has 0 fully saturated rings. The van der Waals surface area contributed by atoms with E-state index >= 15 is 0 Å². The van der Waals surface area contributed by atoms with Crippen LogP contribution in [-0.2, 0) is 16.1 Å². The first-order valence-corrected chi connectivity index (χ1v) is 6.97. The zero-order valence-electron chi connectivity index (χ0n) is 11.8. The molecule has 0 saturated carbocycles. The SMILES string of the molecule is O=C(COC(=O)c1ccc(Cl)cc1)NCc1ccc(F)cc1F. The molecule has 0 spiro atoms. The molecule has 120 valence electrons. The van der Waals surface area contributed by atoms with E-state index in [1.165, 1.54) is 30.3 Å². The van der Waals surface area contributed by atoms with Crippen LogP contribution in [0.25, 0.3) is 0 Å². The Balaban J connectivity index is 1.81. The molecule has 2 aromatic rings. The minimum Gasteiger partial charge on any atom is -0.452 e. The van der Waals surface area contributed by atoms with Crippen molar-refractivity contribution in [2.45, 2.75) is 6.54 Å². The Kier molecular flexibility index (Phi) is 5.65. The lowest BCUT2D eigenvalue weighted by molar-refractivity contribution is -0.124. The van der Waals surface area contributed by atoms with Crippen molar-refractivity contribution in [3.05, 3.63) is 70.2 Å². The zero-order chi connectivity index (χ0) is 16.8. The first kappa shape index (κ1) is 16.9. The second-order valence-corrected chi connectivity index (χ2v) is 5.03. The lowest BCUT2D eigenvalue weighted by Crippen LogP contribution is -2.28. The van der Waals surface area contributed by atoms with E-state index in [9.17, 15) is 18.4 Å². The third kappa shape index (κ3) is 5.03. The van der Waals surface area contributed by atoms with Gasteiger partial charge >= 0.3 is 5.97 Å². The maximum atomic E-state index is 13.4. The normalized spacial score (nSPS) is 10.2. The number of rotatable bonds is 5. The van der Waals surface area contributed by atoms with Crippen LogP contribution in [0.1, 0.15) is 15.9 Å². The number of amides is 1. The summed E-state index contributed by atoms with van der Waals surface area (Å²) in [5.41, 5.74) is 0.385. The van der Waals surface area contributed by atoms with Gasteiger partial charge in [0.15, 0.2) is 6.61 Å². The Hall–Kier alpha value is -2.47. The molecule has 0 aliphatic rings. The molecule has 0 heterocycles. The highest BCUT2D eigenvalue weighted by atomic mass is 35.5. The average molecular weight is 340 g/mol. The number of hydrogen-bond acceptors (Lipinski definition) is 3. The largest absolute Gasteiger partial charge is 0.452 e. The maximum absolute atomic E-state index is 13.4. The van der Waals surface area contributed by atoms with Gasteiger partial charge in [0.1, 0.15) is 11.6 Å². The second-order valence-electron chi connectivity index (χ2n) is 4.60. The van der Waals surface area contributed by atoms with Crippen molar-refractivity contribution >= 4 is 23.5 Å². The molecule has 2 aromatic carbocycles. The molecule has 0 unspecified atom stereocenters. The average Bonchev–Trinajstić information content (AvgIpc) is 2.52. The lowest BCUT2D eigenvalue weighted by Gasteiger charge is -2.07. The summed E-state index contributed by atoms with van der Waals surface area (Å²) in [4.78, 5) is 23.3. The van der Waals surface area contributed by atoms with E-state index in [4.69, 9.17) is 16.3 Å². The topological polar surface area (TPSA) is 55.4 Å². The number of benzene rings is 2. The third-order valence-electron chi connectivity index (χ3n) is 2.91. The van der Waals surface area contributed by atoms with Crippen molar-refractivity contribution in [2.75, 3.05) is 6.61 Å². The molecular formula is C16H12ClF2NO3. The van der Waals surface area contributed by atoms with E-state index in [-0.39, 0.29) is 17.7 Å². The summed E-state index contributed by atoms with van der Waals surface area (Å²) in [6.45, 7) is -0.645. The summed E-state index contributed by atoms with van der Waals surface area (Å²) >= 11 is 5.70. The van der Waals surface area contributed by atoms with Crippen molar-refractivity contribution in [3.8, 4) is 0 Å². The fraction of sp³-hybridized carbons (Fsp3) is 0.125. The van der Waals surface area contributed by atoms with Gasteiger partial charge in [-0.15, -0.1) is 0 Å². The van der Waals surface area contributed by atoms with E-state index in [0.29, 0.717) is 5.02 Å². The van der Waals surface area contributed by atoms with Gasteiger partial charge < -0.3 is 10.1 Å². The highest BCUT2D eigenvalue weighted by Gasteiger charge is 2.11. The van der Waals surface area contributed by atoms with Gasteiger partial charge in [0.05, 0.1) is 5.56 Å². The molecule has 7 heteroatoms. The number of nitrogens with one attached hydrogen (secondary N) is 1. The Morgan fingerprint density at radius 2 is 1.78 bits per heavy atom. The number of hydrogen-bond donors (Lipinski definition) is 1. The Labute approximate surface area is 136 Å². The third-order valence-corrected chi connectivity index (χ3v) is 3.16. The van der Waals surface area contributed by atoms with Crippen molar-refractivity contribution in [1.29, 1.82) is 0 Å².